The molecule has 0 spiro atoms. The van der Waals surface area contributed by atoms with Gasteiger partial charge in [0.2, 0.25) is 0 Å². The number of hydrogen-bond acceptors (Lipinski definition) is 4. The molecule has 0 amide bonds. The second kappa shape index (κ2) is 6.40. The van der Waals surface area contributed by atoms with Gasteiger partial charge < -0.3 is 15.3 Å². The van der Waals surface area contributed by atoms with Gasteiger partial charge in [0.05, 0.1) is 18.1 Å². The van der Waals surface area contributed by atoms with Crippen LogP contribution in [-0.2, 0) is 0 Å². The summed E-state index contributed by atoms with van der Waals surface area (Å²) >= 11 is 0. The topological polar surface area (TPSA) is 63.9 Å². The molecule has 0 radical (unpaired) electrons. The normalized spacial score (nSPS) is 43.0. The van der Waals surface area contributed by atoms with Gasteiger partial charge in [-0.1, -0.05) is 6.42 Å². The second-order valence-electron chi connectivity index (χ2n) is 6.51. The van der Waals surface area contributed by atoms with E-state index in [2.05, 4.69) is 0 Å². The van der Waals surface area contributed by atoms with Crippen molar-refractivity contribution in [2.24, 2.45) is 11.8 Å². The summed E-state index contributed by atoms with van der Waals surface area (Å²) < 4.78 is 38.5. The highest BCUT2D eigenvalue weighted by molar-refractivity contribution is 4.93. The first-order chi connectivity index (χ1) is 9.70. The van der Waals surface area contributed by atoms with Gasteiger partial charge in [-0.15, -0.1) is 0 Å². The molecule has 124 valence electrons. The van der Waals surface area contributed by atoms with Gasteiger partial charge in [-0.2, -0.15) is 13.2 Å². The molecule has 1 saturated carbocycles. The molecule has 1 saturated heterocycles. The molecule has 0 aromatic rings. The average Bonchev–Trinajstić information content (AvgIpc) is 2.42. The Morgan fingerprint density at radius 1 is 1.10 bits per heavy atom. The van der Waals surface area contributed by atoms with Gasteiger partial charge in [-0.3, -0.25) is 4.90 Å². The van der Waals surface area contributed by atoms with Crippen molar-refractivity contribution in [1.29, 1.82) is 0 Å². The smallest absolute Gasteiger partial charge is 0.389 e. The summed E-state index contributed by atoms with van der Waals surface area (Å²) in [6.07, 6.45) is -5.85. The third-order valence-corrected chi connectivity index (χ3v) is 4.97. The fourth-order valence-corrected chi connectivity index (χ4v) is 3.57. The summed E-state index contributed by atoms with van der Waals surface area (Å²) in [5, 5.41) is 29.2. The Morgan fingerprint density at radius 3 is 2.38 bits per heavy atom. The molecule has 21 heavy (non-hydrogen) atoms. The van der Waals surface area contributed by atoms with Gasteiger partial charge >= 0.3 is 6.18 Å². The lowest BCUT2D eigenvalue weighted by atomic mass is 9.80. The van der Waals surface area contributed by atoms with E-state index in [1.807, 2.05) is 0 Å². The maximum atomic E-state index is 12.8. The predicted octanol–water partition coefficient (Wildman–Crippen LogP) is 1.14. The molecule has 1 aliphatic carbocycles. The van der Waals surface area contributed by atoms with E-state index in [0.29, 0.717) is 13.0 Å². The van der Waals surface area contributed by atoms with E-state index < -0.39 is 30.4 Å². The minimum Gasteiger partial charge on any atom is -0.389 e. The van der Waals surface area contributed by atoms with Crippen LogP contribution in [0.5, 0.6) is 0 Å². The fraction of sp³-hybridized carbons (Fsp3) is 1.00. The number of alkyl halides is 3. The van der Waals surface area contributed by atoms with Crippen LogP contribution in [0.4, 0.5) is 13.2 Å². The standard InChI is InChI=1S/C14H24F3NO3/c1-8-12(20)13(21)11(19)7-18(8)6-9-3-2-4-10(5-9)14(15,16)17/h8-13,19-21H,2-7H2,1H3/t8-,9-,10+,11+,12-,13-/m1/s1. The monoisotopic (exact) mass is 311 g/mol. The number of aliphatic hydroxyl groups is 3. The van der Waals surface area contributed by atoms with Crippen LogP contribution >= 0.6 is 0 Å². The highest BCUT2D eigenvalue weighted by atomic mass is 19.4. The lowest BCUT2D eigenvalue weighted by Gasteiger charge is -2.44. The summed E-state index contributed by atoms with van der Waals surface area (Å²) in [5.41, 5.74) is 0. The summed E-state index contributed by atoms with van der Waals surface area (Å²) in [6, 6.07) is -0.366. The molecule has 0 aromatic heterocycles. The second-order valence-corrected chi connectivity index (χ2v) is 6.51. The van der Waals surface area contributed by atoms with Crippen molar-refractivity contribution in [1.82, 2.24) is 4.90 Å². The van der Waals surface area contributed by atoms with Gasteiger partial charge in [-0.25, -0.2) is 0 Å². The predicted molar refractivity (Wildman–Crippen MR) is 70.6 cm³/mol. The third-order valence-electron chi connectivity index (χ3n) is 4.97. The number of piperidine rings is 1. The Balaban J connectivity index is 1.94. The Hall–Kier alpha value is -0.370. The Labute approximate surface area is 122 Å². The van der Waals surface area contributed by atoms with Gasteiger partial charge in [0.25, 0.3) is 0 Å². The Bertz CT molecular complexity index is 353. The van der Waals surface area contributed by atoms with E-state index in [1.54, 1.807) is 11.8 Å². The molecule has 2 fully saturated rings. The molecule has 6 atom stereocenters. The van der Waals surface area contributed by atoms with Gasteiger partial charge in [-0.05, 0) is 32.1 Å². The molecule has 2 rings (SSSR count). The highest BCUT2D eigenvalue weighted by Crippen LogP contribution is 2.40. The number of likely N-dealkylation sites (tertiary alicyclic amines) is 1. The van der Waals surface area contributed by atoms with Crippen LogP contribution in [-0.4, -0.2) is 63.8 Å². The van der Waals surface area contributed by atoms with Crippen molar-refractivity contribution in [2.75, 3.05) is 13.1 Å². The molecule has 1 aliphatic heterocycles. The van der Waals surface area contributed by atoms with Crippen molar-refractivity contribution in [3.8, 4) is 0 Å². The highest BCUT2D eigenvalue weighted by Gasteiger charge is 2.44. The van der Waals surface area contributed by atoms with Crippen molar-refractivity contribution in [3.63, 3.8) is 0 Å². The molecule has 7 heteroatoms. The van der Waals surface area contributed by atoms with Crippen molar-refractivity contribution in [2.45, 2.75) is 63.1 Å². The van der Waals surface area contributed by atoms with Crippen LogP contribution in [0.1, 0.15) is 32.6 Å². The van der Waals surface area contributed by atoms with Crippen LogP contribution in [0.2, 0.25) is 0 Å². The molecular formula is C14H24F3NO3. The zero-order chi connectivity index (χ0) is 15.8. The first-order valence-electron chi connectivity index (χ1n) is 7.55. The molecule has 3 N–H and O–H groups in total. The molecule has 0 unspecified atom stereocenters. The molecule has 2 aliphatic rings. The Kier molecular flexibility index (Phi) is 5.18. The zero-order valence-electron chi connectivity index (χ0n) is 12.1. The summed E-state index contributed by atoms with van der Waals surface area (Å²) in [7, 11) is 0. The van der Waals surface area contributed by atoms with Crippen molar-refractivity contribution in [3.05, 3.63) is 0 Å². The Morgan fingerprint density at radius 2 is 1.76 bits per heavy atom. The number of hydrogen-bond donors (Lipinski definition) is 3. The van der Waals surface area contributed by atoms with Crippen LogP contribution in [0.25, 0.3) is 0 Å². The van der Waals surface area contributed by atoms with E-state index in [9.17, 15) is 28.5 Å². The average molecular weight is 311 g/mol. The van der Waals surface area contributed by atoms with E-state index in [0.717, 1.165) is 6.42 Å². The first kappa shape index (κ1) is 17.0. The summed E-state index contributed by atoms with van der Waals surface area (Å²) in [6.45, 7) is 2.34. The van der Waals surface area contributed by atoms with E-state index >= 15 is 0 Å². The number of β-amino-alcohol motifs (C(OH)–C–C–N with tert-alkyl or cyclic N) is 1. The lowest BCUT2D eigenvalue weighted by molar-refractivity contribution is -0.187. The van der Waals surface area contributed by atoms with Gasteiger partial charge in [0.1, 0.15) is 6.10 Å². The van der Waals surface area contributed by atoms with E-state index in [1.165, 1.54) is 0 Å². The van der Waals surface area contributed by atoms with E-state index in [4.69, 9.17) is 0 Å². The summed E-state index contributed by atoms with van der Waals surface area (Å²) in [5.74, 6) is -1.32. The quantitative estimate of drug-likeness (QED) is 0.716. The molecule has 0 aromatic carbocycles. The third kappa shape index (κ3) is 3.88. The lowest BCUT2D eigenvalue weighted by Crippen LogP contribution is -2.61. The maximum Gasteiger partial charge on any atom is 0.391 e. The maximum absolute atomic E-state index is 12.8. The summed E-state index contributed by atoms with van der Waals surface area (Å²) in [4.78, 5) is 1.80. The van der Waals surface area contributed by atoms with Gasteiger partial charge in [0.15, 0.2) is 0 Å². The largest absolute Gasteiger partial charge is 0.391 e. The minimum atomic E-state index is -4.14. The van der Waals surface area contributed by atoms with Crippen LogP contribution in [0.3, 0.4) is 0 Å². The minimum absolute atomic E-state index is 0.0810. The number of nitrogens with zero attached hydrogens (tertiary/aromatic N) is 1. The first-order valence-corrected chi connectivity index (χ1v) is 7.55. The van der Waals surface area contributed by atoms with Crippen LogP contribution < -0.4 is 0 Å². The molecule has 1 heterocycles. The van der Waals surface area contributed by atoms with Crippen LogP contribution in [0.15, 0.2) is 0 Å². The fourth-order valence-electron chi connectivity index (χ4n) is 3.57. The SMILES string of the molecule is C[C@@H]1[C@@H](O)[C@H](O)[C@@H](O)CN1C[C@@H]1CCC[C@H](C(F)(F)F)C1. The van der Waals surface area contributed by atoms with Crippen LogP contribution in [0, 0.1) is 11.8 Å². The van der Waals surface area contributed by atoms with Crippen molar-refractivity contribution >= 4 is 0 Å². The number of rotatable bonds is 2. The molecule has 0 bridgehead atoms. The van der Waals surface area contributed by atoms with E-state index in [-0.39, 0.29) is 31.3 Å². The number of aliphatic hydroxyl groups excluding tert-OH is 3. The molecule has 4 nitrogen and oxygen atoms in total. The van der Waals surface area contributed by atoms with Crippen molar-refractivity contribution < 1.29 is 28.5 Å². The zero-order valence-corrected chi connectivity index (χ0v) is 12.1. The number of halogens is 3. The van der Waals surface area contributed by atoms with Gasteiger partial charge in [0, 0.05) is 19.1 Å². The molecular weight excluding hydrogens is 287 g/mol.